The summed E-state index contributed by atoms with van der Waals surface area (Å²) in [5.74, 6) is 2.02. The zero-order chi connectivity index (χ0) is 50.6. The molecule has 6 nitrogen and oxygen atoms in total. The molecule has 0 unspecified atom stereocenters. The summed E-state index contributed by atoms with van der Waals surface area (Å²) >= 11 is 0. The molecule has 370 valence electrons. The number of ether oxygens (including phenoxy) is 1. The Labute approximate surface area is 445 Å². The molecule has 73 heavy (non-hydrogen) atoms. The summed E-state index contributed by atoms with van der Waals surface area (Å²) in [4.78, 5) is 9.30. The van der Waals surface area contributed by atoms with Crippen LogP contribution in [0.25, 0.3) is 66.6 Å². The number of aromatic nitrogens is 5. The SMILES string of the molecule is Cc1cc(-n2c3[c-]c(Oc4[c-]c5c(cc4)C4(c6c(cc(C(C)(C)C)cc6C(C)(C)C)-c6cc(C(C)(C)C)cc(C(C)(C)C)c64)c4cccc6c4n-5[c-][n+]6C)ccc3c3ccccc32)ncc1-c1ccncc1.[Pt]. The van der Waals surface area contributed by atoms with Gasteiger partial charge in [-0.2, -0.15) is 12.1 Å². The number of fused-ring (bicyclic) bond motifs is 12. The summed E-state index contributed by atoms with van der Waals surface area (Å²) in [6.07, 6.45) is 9.36. The van der Waals surface area contributed by atoms with Crippen molar-refractivity contribution in [1.29, 1.82) is 0 Å². The minimum absolute atomic E-state index is 0. The molecule has 5 heterocycles. The molecule has 6 aromatic carbocycles. The first-order valence-electron chi connectivity index (χ1n) is 25.5. The van der Waals surface area contributed by atoms with E-state index in [9.17, 15) is 0 Å². The van der Waals surface area contributed by atoms with Crippen molar-refractivity contribution in [1.82, 2.24) is 19.1 Å². The van der Waals surface area contributed by atoms with Crippen LogP contribution in [0.15, 0.2) is 128 Å². The molecule has 0 atom stereocenters. The van der Waals surface area contributed by atoms with Gasteiger partial charge in [0.1, 0.15) is 5.82 Å². The summed E-state index contributed by atoms with van der Waals surface area (Å²) in [6, 6.07) is 48.0. The number of hydrogen-bond acceptors (Lipinski definition) is 3. The van der Waals surface area contributed by atoms with Crippen LogP contribution in [0.5, 0.6) is 11.5 Å². The number of nitrogens with zero attached hydrogens (tertiary/aromatic N) is 5. The van der Waals surface area contributed by atoms with Gasteiger partial charge in [0.15, 0.2) is 0 Å². The molecular formula is C66H63N5OPt-2. The van der Waals surface area contributed by atoms with Crippen molar-refractivity contribution < 1.29 is 30.4 Å². The third kappa shape index (κ3) is 7.32. The fraction of sp³-hybridized carbons (Fsp3) is 0.288. The van der Waals surface area contributed by atoms with Gasteiger partial charge in [-0.05, 0) is 119 Å². The molecule has 1 aliphatic carbocycles. The maximum Gasteiger partial charge on any atom is 0.242 e. The Morgan fingerprint density at radius 3 is 1.84 bits per heavy atom. The third-order valence-electron chi connectivity index (χ3n) is 15.5. The molecular weight excluding hydrogens is 1070 g/mol. The van der Waals surface area contributed by atoms with Crippen molar-refractivity contribution in [3.05, 3.63) is 196 Å². The molecule has 0 amide bonds. The van der Waals surface area contributed by atoms with Gasteiger partial charge < -0.3 is 18.4 Å². The number of pyridine rings is 2. The quantitative estimate of drug-likeness (QED) is 0.130. The Morgan fingerprint density at radius 2 is 1.22 bits per heavy atom. The van der Waals surface area contributed by atoms with Gasteiger partial charge in [0, 0.05) is 67.6 Å². The first kappa shape index (κ1) is 48.6. The Balaban J connectivity index is 0.00000574. The van der Waals surface area contributed by atoms with Gasteiger partial charge in [0.05, 0.1) is 18.1 Å². The molecule has 0 saturated carbocycles. The summed E-state index contributed by atoms with van der Waals surface area (Å²) in [5, 5.41) is 2.20. The van der Waals surface area contributed by atoms with Crippen LogP contribution in [0.4, 0.5) is 0 Å². The monoisotopic (exact) mass is 1140 g/mol. The largest absolute Gasteiger partial charge is 0.510 e. The van der Waals surface area contributed by atoms with Crippen LogP contribution in [-0.2, 0) is 55.2 Å². The normalized spacial score (nSPS) is 13.9. The number of para-hydroxylation sites is 2. The van der Waals surface area contributed by atoms with Crippen molar-refractivity contribution in [2.45, 2.75) is 117 Å². The molecule has 0 fully saturated rings. The molecule has 1 aliphatic heterocycles. The Morgan fingerprint density at radius 1 is 0.603 bits per heavy atom. The molecule has 7 heteroatoms. The van der Waals surface area contributed by atoms with Gasteiger partial charge in [-0.1, -0.05) is 155 Å². The number of rotatable bonds is 4. The van der Waals surface area contributed by atoms with E-state index in [0.29, 0.717) is 11.5 Å². The van der Waals surface area contributed by atoms with E-state index in [0.717, 1.165) is 61.0 Å². The summed E-state index contributed by atoms with van der Waals surface area (Å²) in [7, 11) is 2.11. The smallest absolute Gasteiger partial charge is 0.242 e. The number of benzene rings is 6. The molecule has 0 radical (unpaired) electrons. The summed E-state index contributed by atoms with van der Waals surface area (Å²) in [5.41, 5.74) is 20.4. The van der Waals surface area contributed by atoms with Crippen molar-refractivity contribution in [3.8, 4) is 45.3 Å². The second-order valence-electron chi connectivity index (χ2n) is 24.5. The van der Waals surface area contributed by atoms with Crippen LogP contribution < -0.4 is 9.30 Å². The van der Waals surface area contributed by atoms with Gasteiger partial charge in [-0.3, -0.25) is 4.98 Å². The minimum atomic E-state index is -0.703. The topological polar surface area (TPSA) is 48.8 Å². The van der Waals surface area contributed by atoms with Crippen LogP contribution in [0.2, 0.25) is 0 Å². The molecule has 0 saturated heterocycles. The van der Waals surface area contributed by atoms with E-state index >= 15 is 0 Å². The van der Waals surface area contributed by atoms with Crippen LogP contribution >= 0.6 is 0 Å². The summed E-state index contributed by atoms with van der Waals surface area (Å²) in [6.45, 7) is 30.6. The average molecular weight is 1140 g/mol. The average Bonchev–Trinajstić information content (AvgIpc) is 3.95. The van der Waals surface area contributed by atoms with Gasteiger partial charge in [0.25, 0.3) is 0 Å². The van der Waals surface area contributed by atoms with Crippen LogP contribution in [0, 0.1) is 25.4 Å². The third-order valence-corrected chi connectivity index (χ3v) is 15.5. The molecule has 10 aromatic rings. The van der Waals surface area contributed by atoms with Crippen molar-refractivity contribution in [2.24, 2.45) is 7.05 Å². The van der Waals surface area contributed by atoms with Crippen molar-refractivity contribution in [2.75, 3.05) is 0 Å². The predicted molar refractivity (Wildman–Crippen MR) is 293 cm³/mol. The second-order valence-corrected chi connectivity index (χ2v) is 24.5. The fourth-order valence-electron chi connectivity index (χ4n) is 11.9. The zero-order valence-electron chi connectivity index (χ0n) is 44.6. The van der Waals surface area contributed by atoms with Gasteiger partial charge >= 0.3 is 0 Å². The Hall–Kier alpha value is -6.62. The second kappa shape index (κ2) is 16.4. The molecule has 2 aliphatic rings. The van der Waals surface area contributed by atoms with Crippen molar-refractivity contribution >= 4 is 32.8 Å². The first-order valence-corrected chi connectivity index (χ1v) is 25.5. The Bertz CT molecular complexity index is 3820. The van der Waals surface area contributed by atoms with Crippen LogP contribution in [-0.4, -0.2) is 19.1 Å². The van der Waals surface area contributed by atoms with E-state index in [1.165, 1.54) is 55.6 Å². The van der Waals surface area contributed by atoms with Crippen LogP contribution in [0.3, 0.4) is 0 Å². The summed E-state index contributed by atoms with van der Waals surface area (Å²) < 4.78 is 13.6. The van der Waals surface area contributed by atoms with E-state index < -0.39 is 5.41 Å². The Kier molecular flexibility index (Phi) is 11.0. The van der Waals surface area contributed by atoms with E-state index in [4.69, 9.17) is 9.72 Å². The predicted octanol–water partition coefficient (Wildman–Crippen LogP) is 15.4. The fourth-order valence-corrected chi connectivity index (χ4v) is 11.9. The number of imidazole rings is 1. The molecule has 0 N–H and O–H groups in total. The maximum absolute atomic E-state index is 7.00. The number of hydrogen-bond donors (Lipinski definition) is 0. The van der Waals surface area contributed by atoms with E-state index in [-0.39, 0.29) is 42.7 Å². The van der Waals surface area contributed by atoms with E-state index in [1.807, 2.05) is 36.8 Å². The molecule has 12 rings (SSSR count). The number of aryl methyl sites for hydroxylation is 2. The molecule has 1 spiro atoms. The van der Waals surface area contributed by atoms with Gasteiger partial charge in [-0.25, -0.2) is 4.98 Å². The van der Waals surface area contributed by atoms with E-state index in [1.54, 1.807) is 0 Å². The maximum atomic E-state index is 7.00. The van der Waals surface area contributed by atoms with E-state index in [2.05, 4.69) is 225 Å². The molecule has 0 bridgehead atoms. The minimum Gasteiger partial charge on any atom is -0.510 e. The molecule has 4 aromatic heterocycles. The van der Waals surface area contributed by atoms with Gasteiger partial charge in [0.2, 0.25) is 6.33 Å². The standard InChI is InChI=1S/C66H63N5O.Pt/c1-39-30-58(68-37-49(39)40-26-28-67-29-27-40)71-54-20-16-15-18-45(54)46-24-22-43(35-56(46)71)72-44-23-25-50-57(36-44)70-38-69(14)55-21-17-19-51(61(55)70)66(50)59-47(31-41(62(2,3)4)33-52(59)64(8,9)10)48-32-42(63(5,6)7)34-53(60(48)66)65(11,12)13;/h15-34,37H,1-14H3;/q-2;. The van der Waals surface area contributed by atoms with Gasteiger partial charge in [-0.15, -0.1) is 35.2 Å². The first-order chi connectivity index (χ1) is 34.0. The zero-order valence-corrected chi connectivity index (χ0v) is 46.9. The van der Waals surface area contributed by atoms with Crippen LogP contribution in [0.1, 0.15) is 133 Å². The van der Waals surface area contributed by atoms with Crippen molar-refractivity contribution in [3.63, 3.8) is 0 Å².